The summed E-state index contributed by atoms with van der Waals surface area (Å²) in [6.07, 6.45) is 6.80. The van der Waals surface area contributed by atoms with E-state index < -0.39 is 5.41 Å². The van der Waals surface area contributed by atoms with Crippen LogP contribution in [0.5, 0.6) is 11.5 Å². The summed E-state index contributed by atoms with van der Waals surface area (Å²) in [5, 5.41) is 8.63. The van der Waals surface area contributed by atoms with E-state index in [1.165, 1.54) is 0 Å². The largest absolute Gasteiger partial charge is 0.497 e. The number of hydrogen-bond acceptors (Lipinski definition) is 6. The lowest BCUT2D eigenvalue weighted by molar-refractivity contribution is -0.126. The SMILES string of the molecule is COc1ccc(CN2C(=O)C3(CCC3)c3cc(-c4ccnn4-c4ccc(OC)cc4)cc(NC4CCN(C)CC4)c32)cc1. The van der Waals surface area contributed by atoms with E-state index in [0.29, 0.717) is 12.6 Å². The first-order chi connectivity index (χ1) is 21.0. The molecule has 8 heteroatoms. The first-order valence-corrected chi connectivity index (χ1v) is 15.3. The van der Waals surface area contributed by atoms with Crippen molar-refractivity contribution in [2.75, 3.05) is 44.6 Å². The Bertz CT molecular complexity index is 1620. The second-order valence-corrected chi connectivity index (χ2v) is 12.1. The molecule has 3 heterocycles. The Kier molecular flexibility index (Phi) is 7.09. The highest BCUT2D eigenvalue weighted by molar-refractivity contribution is 6.12. The van der Waals surface area contributed by atoms with Gasteiger partial charge in [-0.2, -0.15) is 5.10 Å². The van der Waals surface area contributed by atoms with E-state index in [1.807, 2.05) is 52.2 Å². The molecule has 7 rings (SSSR count). The average Bonchev–Trinajstić information content (AvgIpc) is 3.60. The molecule has 0 atom stereocenters. The minimum atomic E-state index is -0.466. The number of ether oxygens (including phenoxy) is 2. The molecule has 3 aromatic carbocycles. The summed E-state index contributed by atoms with van der Waals surface area (Å²) in [6.45, 7) is 2.65. The molecule has 3 aliphatic rings. The van der Waals surface area contributed by atoms with Crippen molar-refractivity contribution in [2.24, 2.45) is 0 Å². The van der Waals surface area contributed by atoms with Crippen LogP contribution in [0.15, 0.2) is 72.9 Å². The van der Waals surface area contributed by atoms with Crippen LogP contribution in [0, 0.1) is 0 Å². The standard InChI is InChI=1S/C35H39N5O3/c1-38-19-14-26(15-20-38)37-31-22-25(32-13-18-36-40(32)27-7-11-29(43-3)12-8-27)21-30-33(31)39(34(41)35(30)16-4-17-35)23-24-5-9-28(42-2)10-6-24/h5-13,18,21-22,26,37H,4,14-17,19-20,23H2,1-3H3. The van der Waals surface area contributed by atoms with Crippen LogP contribution in [0.2, 0.25) is 0 Å². The molecule has 1 saturated heterocycles. The van der Waals surface area contributed by atoms with E-state index >= 15 is 0 Å². The van der Waals surface area contributed by atoms with Crippen molar-refractivity contribution in [1.29, 1.82) is 0 Å². The lowest BCUT2D eigenvalue weighted by Gasteiger charge is -2.37. The summed E-state index contributed by atoms with van der Waals surface area (Å²) in [5.41, 5.74) is 6.86. The Labute approximate surface area is 253 Å². The predicted octanol–water partition coefficient (Wildman–Crippen LogP) is 6.03. The maximum Gasteiger partial charge on any atom is 0.238 e. The van der Waals surface area contributed by atoms with Crippen LogP contribution in [0.1, 0.15) is 43.2 Å². The number of aromatic nitrogens is 2. The van der Waals surface area contributed by atoms with Crippen molar-refractivity contribution in [3.8, 4) is 28.4 Å². The summed E-state index contributed by atoms with van der Waals surface area (Å²) < 4.78 is 12.7. The number of hydrogen-bond donors (Lipinski definition) is 1. The van der Waals surface area contributed by atoms with E-state index in [9.17, 15) is 4.79 Å². The van der Waals surface area contributed by atoms with Gasteiger partial charge >= 0.3 is 0 Å². The molecule has 1 aromatic heterocycles. The van der Waals surface area contributed by atoms with Crippen molar-refractivity contribution < 1.29 is 14.3 Å². The highest BCUT2D eigenvalue weighted by atomic mass is 16.5. The quantitative estimate of drug-likeness (QED) is 0.276. The highest BCUT2D eigenvalue weighted by Crippen LogP contribution is 2.57. The van der Waals surface area contributed by atoms with Gasteiger partial charge < -0.3 is 24.6 Å². The van der Waals surface area contributed by atoms with E-state index in [0.717, 1.165) is 96.1 Å². The third-order valence-electron chi connectivity index (χ3n) is 9.59. The van der Waals surface area contributed by atoms with Gasteiger partial charge in [0.15, 0.2) is 0 Å². The number of benzene rings is 3. The van der Waals surface area contributed by atoms with Crippen LogP contribution in [0.3, 0.4) is 0 Å². The number of nitrogens with one attached hydrogen (secondary N) is 1. The van der Waals surface area contributed by atoms with Crippen molar-refractivity contribution in [3.63, 3.8) is 0 Å². The van der Waals surface area contributed by atoms with Crippen molar-refractivity contribution in [2.45, 2.75) is 50.1 Å². The number of fused-ring (bicyclic) bond motifs is 2. The minimum absolute atomic E-state index is 0.219. The number of likely N-dealkylation sites (tertiary alicyclic amines) is 1. The predicted molar refractivity (Wildman–Crippen MR) is 169 cm³/mol. The Hall–Kier alpha value is -4.30. The number of nitrogens with zero attached hydrogens (tertiary/aromatic N) is 4. The molecule has 1 N–H and O–H groups in total. The zero-order chi connectivity index (χ0) is 29.6. The molecule has 8 nitrogen and oxygen atoms in total. The molecule has 0 radical (unpaired) electrons. The summed E-state index contributed by atoms with van der Waals surface area (Å²) in [5.74, 6) is 1.84. The molecule has 1 amide bonds. The first-order valence-electron chi connectivity index (χ1n) is 15.3. The third-order valence-corrected chi connectivity index (χ3v) is 9.59. The lowest BCUT2D eigenvalue weighted by atomic mass is 9.65. The Morgan fingerprint density at radius 3 is 2.23 bits per heavy atom. The van der Waals surface area contributed by atoms with Gasteiger partial charge in [0.1, 0.15) is 11.5 Å². The molecule has 4 aromatic rings. The molecule has 222 valence electrons. The van der Waals surface area contributed by atoms with E-state index in [-0.39, 0.29) is 5.91 Å². The maximum absolute atomic E-state index is 14.4. The fourth-order valence-electron chi connectivity index (χ4n) is 6.92. The van der Waals surface area contributed by atoms with Crippen LogP contribution in [-0.2, 0) is 16.8 Å². The fraction of sp³-hybridized carbons (Fsp3) is 0.371. The Balaban J connectivity index is 1.34. The molecular formula is C35H39N5O3. The normalized spacial score (nSPS) is 18.0. The fourth-order valence-corrected chi connectivity index (χ4v) is 6.92. The second kappa shape index (κ2) is 11.1. The van der Waals surface area contributed by atoms with Gasteiger partial charge in [-0.25, -0.2) is 4.68 Å². The zero-order valence-electron chi connectivity index (χ0n) is 25.2. The van der Waals surface area contributed by atoms with Gasteiger partial charge in [0.25, 0.3) is 0 Å². The number of piperidine rings is 1. The van der Waals surface area contributed by atoms with Gasteiger partial charge in [0.2, 0.25) is 5.91 Å². The molecule has 43 heavy (non-hydrogen) atoms. The van der Waals surface area contributed by atoms with Crippen LogP contribution >= 0.6 is 0 Å². The highest BCUT2D eigenvalue weighted by Gasteiger charge is 2.55. The van der Waals surface area contributed by atoms with Crippen LogP contribution in [0.25, 0.3) is 16.9 Å². The average molecular weight is 578 g/mol. The monoisotopic (exact) mass is 577 g/mol. The van der Waals surface area contributed by atoms with Crippen molar-refractivity contribution in [3.05, 3.63) is 84.1 Å². The first kappa shape index (κ1) is 27.5. The van der Waals surface area contributed by atoms with Crippen LogP contribution < -0.4 is 19.7 Å². The zero-order valence-corrected chi connectivity index (χ0v) is 25.2. The molecule has 2 aliphatic heterocycles. The number of rotatable bonds is 8. The smallest absolute Gasteiger partial charge is 0.238 e. The van der Waals surface area contributed by atoms with Gasteiger partial charge in [0.05, 0.1) is 55.1 Å². The molecule has 1 saturated carbocycles. The topological polar surface area (TPSA) is 71.9 Å². The van der Waals surface area contributed by atoms with Gasteiger partial charge in [-0.1, -0.05) is 18.6 Å². The van der Waals surface area contributed by atoms with Gasteiger partial charge in [-0.3, -0.25) is 4.79 Å². The minimum Gasteiger partial charge on any atom is -0.497 e. The molecule has 0 bridgehead atoms. The van der Waals surface area contributed by atoms with Gasteiger partial charge in [0, 0.05) is 11.6 Å². The van der Waals surface area contributed by atoms with Gasteiger partial charge in [-0.05, 0) is 112 Å². The molecular weight excluding hydrogens is 538 g/mol. The molecule has 1 spiro atoms. The number of carbonyl (C=O) groups excluding carboxylic acids is 1. The molecule has 2 fully saturated rings. The maximum atomic E-state index is 14.4. The molecule has 1 aliphatic carbocycles. The number of amides is 1. The lowest BCUT2D eigenvalue weighted by Crippen LogP contribution is -2.44. The summed E-state index contributed by atoms with van der Waals surface area (Å²) in [4.78, 5) is 18.8. The summed E-state index contributed by atoms with van der Waals surface area (Å²) in [7, 11) is 5.53. The number of carbonyl (C=O) groups is 1. The molecule has 0 unspecified atom stereocenters. The summed E-state index contributed by atoms with van der Waals surface area (Å²) in [6, 6.07) is 22.9. The van der Waals surface area contributed by atoms with Crippen molar-refractivity contribution >= 4 is 17.3 Å². The van der Waals surface area contributed by atoms with Crippen molar-refractivity contribution in [1.82, 2.24) is 14.7 Å². The Morgan fingerprint density at radius 1 is 0.930 bits per heavy atom. The van der Waals surface area contributed by atoms with E-state index in [1.54, 1.807) is 14.2 Å². The number of anilines is 2. The van der Waals surface area contributed by atoms with Crippen LogP contribution in [0.4, 0.5) is 11.4 Å². The summed E-state index contributed by atoms with van der Waals surface area (Å²) >= 11 is 0. The Morgan fingerprint density at radius 2 is 1.60 bits per heavy atom. The van der Waals surface area contributed by atoms with Crippen LogP contribution in [-0.4, -0.2) is 61.0 Å². The third kappa shape index (κ3) is 4.83. The van der Waals surface area contributed by atoms with Gasteiger partial charge in [-0.15, -0.1) is 0 Å². The second-order valence-electron chi connectivity index (χ2n) is 12.1. The number of methoxy groups -OCH3 is 2. The van der Waals surface area contributed by atoms with E-state index in [4.69, 9.17) is 14.6 Å². The van der Waals surface area contributed by atoms with E-state index in [2.05, 4.69) is 47.6 Å².